The van der Waals surface area contributed by atoms with Gasteiger partial charge in [-0.05, 0) is 51.4 Å². The van der Waals surface area contributed by atoms with Crippen LogP contribution in [0.4, 0.5) is 0 Å². The largest absolute Gasteiger partial charge is 0.368 e. The number of fused-ring (bicyclic) bond motifs is 1. The van der Waals surface area contributed by atoms with E-state index >= 15 is 0 Å². The summed E-state index contributed by atoms with van der Waals surface area (Å²) in [4.78, 5) is 33.3. The quantitative estimate of drug-likeness (QED) is 0.871. The maximum atomic E-state index is 13.3. The molecule has 2 aromatic rings. The minimum absolute atomic E-state index is 0.0200. The fraction of sp³-hybridized carbons (Fsp3) is 0.550. The van der Waals surface area contributed by atoms with Crippen LogP contribution >= 0.6 is 0 Å². The van der Waals surface area contributed by atoms with E-state index in [1.807, 2.05) is 46.5 Å². The number of nitrogens with two attached hydrogens (primary N) is 1. The van der Waals surface area contributed by atoms with Crippen molar-refractivity contribution in [3.8, 4) is 0 Å². The molecule has 1 atom stereocenters. The van der Waals surface area contributed by atoms with E-state index in [1.54, 1.807) is 6.92 Å². The van der Waals surface area contributed by atoms with Crippen molar-refractivity contribution in [2.45, 2.75) is 52.1 Å². The molecule has 0 aromatic carbocycles. The van der Waals surface area contributed by atoms with Crippen molar-refractivity contribution in [3.05, 3.63) is 35.3 Å². The average Bonchev–Trinajstić information content (AvgIpc) is 2.82. The predicted octanol–water partition coefficient (Wildman–Crippen LogP) is 1.96. The number of imidazole rings is 1. The number of likely N-dealkylation sites (tertiary alicyclic amines) is 1. The zero-order valence-corrected chi connectivity index (χ0v) is 16.4. The molecule has 0 bridgehead atoms. The molecular formula is C20H29N5O2. The standard InChI is InChI=1S/C20H29N5O2/c1-14-8-11-25-16(13-23(3)15(2)19(21)26)18(22-17(25)12-14)20(27)24-9-6-4-5-7-10-24/h8,11-12,15H,4-7,9-10,13H2,1-3H3,(H2,21,26)/t15-/m1/s1. The van der Waals surface area contributed by atoms with E-state index in [9.17, 15) is 9.59 Å². The predicted molar refractivity (Wildman–Crippen MR) is 104 cm³/mol. The number of rotatable bonds is 5. The van der Waals surface area contributed by atoms with Crippen molar-refractivity contribution >= 4 is 17.5 Å². The second kappa shape index (κ2) is 8.08. The van der Waals surface area contributed by atoms with Crippen LogP contribution < -0.4 is 5.73 Å². The van der Waals surface area contributed by atoms with Gasteiger partial charge in [-0.25, -0.2) is 4.98 Å². The molecule has 1 saturated heterocycles. The van der Waals surface area contributed by atoms with Crippen LogP contribution in [0.25, 0.3) is 5.65 Å². The first-order valence-corrected chi connectivity index (χ1v) is 9.65. The Morgan fingerprint density at radius 2 is 1.93 bits per heavy atom. The van der Waals surface area contributed by atoms with Crippen LogP contribution in [0.2, 0.25) is 0 Å². The van der Waals surface area contributed by atoms with E-state index in [2.05, 4.69) is 4.98 Å². The van der Waals surface area contributed by atoms with Crippen LogP contribution in [0.5, 0.6) is 0 Å². The van der Waals surface area contributed by atoms with Crippen molar-refractivity contribution in [3.63, 3.8) is 0 Å². The summed E-state index contributed by atoms with van der Waals surface area (Å²) in [5, 5.41) is 0. The van der Waals surface area contributed by atoms with Crippen LogP contribution in [0, 0.1) is 6.92 Å². The lowest BCUT2D eigenvalue weighted by Gasteiger charge is -2.23. The van der Waals surface area contributed by atoms with Crippen LogP contribution in [-0.2, 0) is 11.3 Å². The van der Waals surface area contributed by atoms with Gasteiger partial charge < -0.3 is 15.0 Å². The number of hydrogen-bond acceptors (Lipinski definition) is 4. The van der Waals surface area contributed by atoms with E-state index in [4.69, 9.17) is 5.73 Å². The molecule has 2 amide bonds. The molecule has 1 aliphatic rings. The molecule has 3 heterocycles. The van der Waals surface area contributed by atoms with Gasteiger partial charge in [-0.3, -0.25) is 14.5 Å². The van der Waals surface area contributed by atoms with Gasteiger partial charge in [0.2, 0.25) is 5.91 Å². The Bertz CT molecular complexity index is 836. The van der Waals surface area contributed by atoms with Crippen molar-refractivity contribution in [2.24, 2.45) is 5.73 Å². The Balaban J connectivity index is 1.99. The van der Waals surface area contributed by atoms with Crippen LogP contribution in [0.3, 0.4) is 0 Å². The molecule has 7 nitrogen and oxygen atoms in total. The van der Waals surface area contributed by atoms with Gasteiger partial charge in [-0.15, -0.1) is 0 Å². The Kier molecular flexibility index (Phi) is 5.79. The molecule has 1 fully saturated rings. The molecule has 2 N–H and O–H groups in total. The van der Waals surface area contributed by atoms with Gasteiger partial charge in [0.15, 0.2) is 5.69 Å². The maximum absolute atomic E-state index is 13.3. The van der Waals surface area contributed by atoms with E-state index < -0.39 is 6.04 Å². The van der Waals surface area contributed by atoms with Gasteiger partial charge in [0, 0.05) is 25.8 Å². The lowest BCUT2D eigenvalue weighted by atomic mass is 10.2. The number of amides is 2. The van der Waals surface area contributed by atoms with Crippen LogP contribution in [0.15, 0.2) is 18.3 Å². The number of nitrogens with zero attached hydrogens (tertiary/aromatic N) is 4. The summed E-state index contributed by atoms with van der Waals surface area (Å²) in [7, 11) is 1.84. The zero-order valence-electron chi connectivity index (χ0n) is 16.4. The fourth-order valence-corrected chi connectivity index (χ4v) is 3.53. The minimum atomic E-state index is -0.429. The highest BCUT2D eigenvalue weighted by Gasteiger charge is 2.26. The maximum Gasteiger partial charge on any atom is 0.274 e. The number of carbonyl (C=O) groups excluding carboxylic acids is 2. The van der Waals surface area contributed by atoms with E-state index in [-0.39, 0.29) is 11.8 Å². The number of aromatic nitrogens is 2. The second-order valence-corrected chi connectivity index (χ2v) is 7.54. The molecule has 27 heavy (non-hydrogen) atoms. The van der Waals surface area contributed by atoms with Crippen molar-refractivity contribution in [2.75, 3.05) is 20.1 Å². The van der Waals surface area contributed by atoms with Gasteiger partial charge >= 0.3 is 0 Å². The number of likely N-dealkylation sites (N-methyl/N-ethyl adjacent to an activating group) is 1. The SMILES string of the molecule is Cc1ccn2c(CN(C)[C@H](C)C(N)=O)c(C(=O)N3CCCCCC3)nc2c1. The molecule has 146 valence electrons. The highest BCUT2D eigenvalue weighted by Crippen LogP contribution is 2.20. The van der Waals surface area contributed by atoms with E-state index in [0.29, 0.717) is 12.2 Å². The summed E-state index contributed by atoms with van der Waals surface area (Å²) in [6, 6.07) is 3.54. The average molecular weight is 371 g/mol. The lowest BCUT2D eigenvalue weighted by Crippen LogP contribution is -2.40. The number of pyridine rings is 1. The monoisotopic (exact) mass is 371 g/mol. The Hall–Kier alpha value is -2.41. The molecular weight excluding hydrogens is 342 g/mol. The number of hydrogen-bond donors (Lipinski definition) is 1. The van der Waals surface area contributed by atoms with E-state index in [0.717, 1.165) is 42.8 Å². The van der Waals surface area contributed by atoms with Crippen LogP contribution in [0.1, 0.15) is 54.4 Å². The third-order valence-corrected chi connectivity index (χ3v) is 5.45. The van der Waals surface area contributed by atoms with Gasteiger partial charge in [0.1, 0.15) is 5.65 Å². The van der Waals surface area contributed by atoms with Gasteiger partial charge in [-0.1, -0.05) is 12.8 Å². The van der Waals surface area contributed by atoms with Gasteiger partial charge in [0.05, 0.1) is 11.7 Å². The smallest absolute Gasteiger partial charge is 0.274 e. The normalized spacial score (nSPS) is 16.5. The molecule has 1 aliphatic heterocycles. The Morgan fingerprint density at radius 1 is 1.26 bits per heavy atom. The molecule has 0 unspecified atom stereocenters. The molecule has 0 radical (unpaired) electrons. The molecule has 7 heteroatoms. The first-order chi connectivity index (χ1) is 12.9. The zero-order chi connectivity index (χ0) is 19.6. The third kappa shape index (κ3) is 4.13. The summed E-state index contributed by atoms with van der Waals surface area (Å²) < 4.78 is 1.95. The third-order valence-electron chi connectivity index (χ3n) is 5.45. The highest BCUT2D eigenvalue weighted by molar-refractivity contribution is 5.94. The molecule has 0 saturated carbocycles. The molecule has 0 aliphatic carbocycles. The Morgan fingerprint density at radius 3 is 2.56 bits per heavy atom. The summed E-state index contributed by atoms with van der Waals surface area (Å²) in [6.07, 6.45) is 6.34. The first kappa shape index (κ1) is 19.4. The summed E-state index contributed by atoms with van der Waals surface area (Å²) in [6.45, 7) is 5.75. The summed E-state index contributed by atoms with van der Waals surface area (Å²) >= 11 is 0. The van der Waals surface area contributed by atoms with E-state index in [1.165, 1.54) is 12.8 Å². The fourth-order valence-electron chi connectivity index (χ4n) is 3.53. The van der Waals surface area contributed by atoms with Gasteiger partial charge in [-0.2, -0.15) is 0 Å². The molecule has 0 spiro atoms. The second-order valence-electron chi connectivity index (χ2n) is 7.54. The molecule has 3 rings (SSSR count). The van der Waals surface area contributed by atoms with Crippen molar-refractivity contribution < 1.29 is 9.59 Å². The number of primary amides is 1. The molecule has 2 aromatic heterocycles. The highest BCUT2D eigenvalue weighted by atomic mass is 16.2. The van der Waals surface area contributed by atoms with Crippen molar-refractivity contribution in [1.29, 1.82) is 0 Å². The number of carbonyl (C=O) groups is 2. The van der Waals surface area contributed by atoms with Crippen LogP contribution in [-0.4, -0.2) is 57.2 Å². The lowest BCUT2D eigenvalue weighted by molar-refractivity contribution is -0.122. The van der Waals surface area contributed by atoms with Gasteiger partial charge in [0.25, 0.3) is 5.91 Å². The number of aryl methyl sites for hydroxylation is 1. The topological polar surface area (TPSA) is 83.9 Å². The first-order valence-electron chi connectivity index (χ1n) is 9.65. The summed E-state index contributed by atoms with van der Waals surface area (Å²) in [5.41, 5.74) is 8.57. The minimum Gasteiger partial charge on any atom is -0.368 e. The van der Waals surface area contributed by atoms with Crippen molar-refractivity contribution in [1.82, 2.24) is 19.2 Å². The Labute approximate surface area is 160 Å². The summed E-state index contributed by atoms with van der Waals surface area (Å²) in [5.74, 6) is -0.407.